The summed E-state index contributed by atoms with van der Waals surface area (Å²) in [4.78, 5) is 0. The second-order valence-electron chi connectivity index (χ2n) is 1.14. The highest BCUT2D eigenvalue weighted by Gasteiger charge is 1.94. The first-order valence-corrected chi connectivity index (χ1v) is 1.99. The van der Waals surface area contributed by atoms with Gasteiger partial charge < -0.3 is 4.76 Å². The third kappa shape index (κ3) is 0.741. The Morgan fingerprint density at radius 1 is 1.83 bits per heavy atom. The quantitative estimate of drug-likeness (QED) is 0.388. The lowest BCUT2D eigenvalue weighted by Crippen LogP contribution is -1.97. The molecule has 1 aliphatic rings. The molecule has 0 amide bonds. The monoisotopic (exact) mass is 82.0 g/mol. The Morgan fingerprint density at radius 2 is 2.83 bits per heavy atom. The molecule has 0 saturated carbocycles. The number of nitrogens with zero attached hydrogens (tertiary/aromatic N) is 1. The molecule has 3 heteroatoms. The molecule has 1 radical (unpaired) electrons. The molecule has 0 atom stereocenters. The predicted molar refractivity (Wildman–Crippen MR) is 24.8 cm³/mol. The zero-order valence-corrected chi connectivity index (χ0v) is 3.42. The van der Waals surface area contributed by atoms with E-state index in [4.69, 9.17) is 0 Å². The van der Waals surface area contributed by atoms with Crippen molar-refractivity contribution < 1.29 is 4.76 Å². The van der Waals surface area contributed by atoms with Gasteiger partial charge >= 0.3 is 7.48 Å². The summed E-state index contributed by atoms with van der Waals surface area (Å²) in [7, 11) is 1.69. The average Bonchev–Trinajstić information content (AvgIpc) is 1.72. The first-order valence-electron chi connectivity index (χ1n) is 1.99. The summed E-state index contributed by atoms with van der Waals surface area (Å²) >= 11 is 0. The second kappa shape index (κ2) is 1.85. The molecular weight excluding hydrogens is 76.9 g/mol. The maximum atomic E-state index is 4.51. The van der Waals surface area contributed by atoms with E-state index >= 15 is 0 Å². The van der Waals surface area contributed by atoms with Crippen LogP contribution < -0.4 is 0 Å². The van der Waals surface area contributed by atoms with Crippen molar-refractivity contribution in [2.75, 3.05) is 0 Å². The van der Waals surface area contributed by atoms with Crippen molar-refractivity contribution >= 4 is 13.7 Å². The van der Waals surface area contributed by atoms with E-state index in [-0.39, 0.29) is 0 Å². The summed E-state index contributed by atoms with van der Waals surface area (Å²) < 4.78 is 4.51. The lowest BCUT2D eigenvalue weighted by atomic mass is 9.93. The maximum Gasteiger partial charge on any atom is 0.411 e. The van der Waals surface area contributed by atoms with Crippen LogP contribution in [0.25, 0.3) is 0 Å². The molecule has 31 valence electrons. The maximum absolute atomic E-state index is 4.51. The van der Waals surface area contributed by atoms with Gasteiger partial charge in [0.25, 0.3) is 0 Å². The smallest absolute Gasteiger partial charge is 0.411 e. The SMILES string of the molecule is [B]1CCC=NO1. The molecule has 2 nitrogen and oxygen atoms in total. The van der Waals surface area contributed by atoms with Gasteiger partial charge in [-0.1, -0.05) is 0 Å². The van der Waals surface area contributed by atoms with Crippen molar-refractivity contribution in [1.82, 2.24) is 0 Å². The lowest BCUT2D eigenvalue weighted by Gasteiger charge is -1.97. The largest absolute Gasteiger partial charge is 0.475 e. The number of hydrogen-bond acceptors (Lipinski definition) is 2. The van der Waals surface area contributed by atoms with Crippen LogP contribution in [0.15, 0.2) is 5.16 Å². The standard InChI is InChI=1S/C3H5BNO/c1-2-4-6-5-3-1/h3H,1-2H2. The van der Waals surface area contributed by atoms with Crippen LogP contribution in [0.4, 0.5) is 0 Å². The second-order valence-corrected chi connectivity index (χ2v) is 1.14. The molecule has 0 N–H and O–H groups in total. The summed E-state index contributed by atoms with van der Waals surface area (Å²) in [6.45, 7) is 0. The van der Waals surface area contributed by atoms with Gasteiger partial charge in [-0.15, -0.1) is 5.16 Å². The Kier molecular flexibility index (Phi) is 1.15. The van der Waals surface area contributed by atoms with Gasteiger partial charge in [-0.05, 0) is 12.7 Å². The number of oxime groups is 1. The summed E-state index contributed by atoms with van der Waals surface area (Å²) in [5.74, 6) is 0. The van der Waals surface area contributed by atoms with E-state index in [0.29, 0.717) is 0 Å². The van der Waals surface area contributed by atoms with Gasteiger partial charge in [0.1, 0.15) is 0 Å². The van der Waals surface area contributed by atoms with Gasteiger partial charge in [0.05, 0.1) is 0 Å². The summed E-state index contributed by atoms with van der Waals surface area (Å²) in [5, 5.41) is 3.50. The fourth-order valence-corrected chi connectivity index (χ4v) is 0.334. The van der Waals surface area contributed by atoms with Gasteiger partial charge in [-0.2, -0.15) is 0 Å². The van der Waals surface area contributed by atoms with Crippen molar-refractivity contribution in [2.45, 2.75) is 12.7 Å². The Labute approximate surface area is 37.4 Å². The van der Waals surface area contributed by atoms with Crippen molar-refractivity contribution in [3.05, 3.63) is 0 Å². The van der Waals surface area contributed by atoms with E-state index in [0.717, 1.165) is 12.7 Å². The van der Waals surface area contributed by atoms with Gasteiger partial charge in [0.2, 0.25) is 0 Å². The first kappa shape index (κ1) is 3.72. The van der Waals surface area contributed by atoms with E-state index in [1.807, 2.05) is 0 Å². The van der Waals surface area contributed by atoms with Crippen LogP contribution >= 0.6 is 0 Å². The highest BCUT2D eigenvalue weighted by Crippen LogP contribution is 1.91. The van der Waals surface area contributed by atoms with E-state index in [2.05, 4.69) is 9.91 Å². The minimum Gasteiger partial charge on any atom is -0.475 e. The molecule has 1 heterocycles. The fraction of sp³-hybridized carbons (Fsp3) is 0.667. The minimum atomic E-state index is 1.00. The molecule has 1 rings (SSSR count). The Bertz CT molecular complexity index is 55.8. The summed E-state index contributed by atoms with van der Waals surface area (Å²) in [6.07, 6.45) is 3.80. The molecule has 1 aliphatic heterocycles. The lowest BCUT2D eigenvalue weighted by molar-refractivity contribution is 0.357. The van der Waals surface area contributed by atoms with E-state index < -0.39 is 0 Å². The van der Waals surface area contributed by atoms with Gasteiger partial charge in [0, 0.05) is 6.21 Å². The third-order valence-corrected chi connectivity index (χ3v) is 0.624. The molecule has 0 aliphatic carbocycles. The molecular formula is C3H5BNO. The van der Waals surface area contributed by atoms with Crippen molar-refractivity contribution in [3.8, 4) is 0 Å². The molecule has 0 aromatic carbocycles. The molecule has 0 unspecified atom stereocenters. The molecule has 0 aromatic rings. The van der Waals surface area contributed by atoms with Crippen molar-refractivity contribution in [1.29, 1.82) is 0 Å². The minimum absolute atomic E-state index is 1.00. The first-order chi connectivity index (χ1) is 3.00. The third-order valence-electron chi connectivity index (χ3n) is 0.624. The Morgan fingerprint density at radius 3 is 3.00 bits per heavy atom. The zero-order valence-electron chi connectivity index (χ0n) is 3.42. The summed E-state index contributed by atoms with van der Waals surface area (Å²) in [6, 6.07) is 0. The van der Waals surface area contributed by atoms with Crippen LogP contribution in [-0.2, 0) is 4.76 Å². The van der Waals surface area contributed by atoms with E-state index in [1.54, 1.807) is 13.7 Å². The highest BCUT2D eigenvalue weighted by atomic mass is 16.6. The van der Waals surface area contributed by atoms with Crippen LogP contribution in [0, 0.1) is 0 Å². The van der Waals surface area contributed by atoms with E-state index in [1.165, 1.54) is 0 Å². The molecule has 0 bridgehead atoms. The molecule has 0 fully saturated rings. The number of hydrogen-bond donors (Lipinski definition) is 0. The average molecular weight is 81.9 g/mol. The Hall–Kier alpha value is -0.465. The molecule has 6 heavy (non-hydrogen) atoms. The zero-order chi connectivity index (χ0) is 4.24. The van der Waals surface area contributed by atoms with Gasteiger partial charge in [-0.25, -0.2) is 0 Å². The van der Waals surface area contributed by atoms with Crippen LogP contribution in [0.5, 0.6) is 0 Å². The fourth-order valence-electron chi connectivity index (χ4n) is 0.334. The van der Waals surface area contributed by atoms with Crippen LogP contribution in [-0.4, -0.2) is 13.7 Å². The molecule has 0 saturated heterocycles. The predicted octanol–water partition coefficient (Wildman–Crippen LogP) is 0.430. The normalized spacial score (nSPS) is 18.7. The van der Waals surface area contributed by atoms with Crippen LogP contribution in [0.3, 0.4) is 0 Å². The topological polar surface area (TPSA) is 21.6 Å². The van der Waals surface area contributed by atoms with Crippen LogP contribution in [0.1, 0.15) is 6.42 Å². The van der Waals surface area contributed by atoms with Crippen LogP contribution in [0.2, 0.25) is 6.32 Å². The van der Waals surface area contributed by atoms with Gasteiger partial charge in [-0.3, -0.25) is 0 Å². The Balaban J connectivity index is 2.26. The molecule has 0 spiro atoms. The highest BCUT2D eigenvalue weighted by molar-refractivity contribution is 6.28. The van der Waals surface area contributed by atoms with Crippen molar-refractivity contribution in [3.63, 3.8) is 0 Å². The van der Waals surface area contributed by atoms with Gasteiger partial charge in [0.15, 0.2) is 0 Å². The summed E-state index contributed by atoms with van der Waals surface area (Å²) in [5.41, 5.74) is 0. The van der Waals surface area contributed by atoms with Crippen molar-refractivity contribution in [2.24, 2.45) is 5.16 Å². The number of rotatable bonds is 0. The van der Waals surface area contributed by atoms with E-state index in [9.17, 15) is 0 Å². The molecule has 0 aromatic heterocycles.